The van der Waals surface area contributed by atoms with Crippen LogP contribution < -0.4 is 20.1 Å². The SMILES string of the molecule is COc1ccc(OCCN2CCN([C@H](C)C(=O)NC(=O)NC(C)(C)C)CC2)cc1. The molecule has 162 valence electrons. The Bertz CT molecular complexity index is 664. The zero-order valence-electron chi connectivity index (χ0n) is 18.2. The molecule has 2 N–H and O–H groups in total. The molecule has 0 spiro atoms. The van der Waals surface area contributed by atoms with Gasteiger partial charge >= 0.3 is 6.03 Å². The van der Waals surface area contributed by atoms with E-state index in [1.807, 2.05) is 52.0 Å². The largest absolute Gasteiger partial charge is 0.497 e. The lowest BCUT2D eigenvalue weighted by atomic mass is 10.1. The number of nitrogens with one attached hydrogen (secondary N) is 2. The topological polar surface area (TPSA) is 83.1 Å². The molecule has 1 atom stereocenters. The number of amides is 3. The highest BCUT2D eigenvalue weighted by Gasteiger charge is 2.27. The lowest BCUT2D eigenvalue weighted by molar-refractivity contribution is -0.125. The number of carbonyl (C=O) groups is 2. The maximum atomic E-state index is 12.3. The molecule has 1 aromatic rings. The van der Waals surface area contributed by atoms with Crippen LogP contribution in [0.1, 0.15) is 27.7 Å². The number of hydrogen-bond acceptors (Lipinski definition) is 6. The van der Waals surface area contributed by atoms with Gasteiger partial charge in [-0.2, -0.15) is 0 Å². The van der Waals surface area contributed by atoms with Crippen molar-refractivity contribution in [3.05, 3.63) is 24.3 Å². The van der Waals surface area contributed by atoms with Gasteiger partial charge in [-0.25, -0.2) is 4.79 Å². The van der Waals surface area contributed by atoms with E-state index >= 15 is 0 Å². The van der Waals surface area contributed by atoms with Crippen molar-refractivity contribution in [3.63, 3.8) is 0 Å². The fraction of sp³-hybridized carbons (Fsp3) is 0.619. The van der Waals surface area contributed by atoms with Gasteiger partial charge in [-0.05, 0) is 52.0 Å². The molecule has 2 rings (SSSR count). The summed E-state index contributed by atoms with van der Waals surface area (Å²) in [5.74, 6) is 1.36. The minimum absolute atomic E-state index is 0.275. The van der Waals surface area contributed by atoms with Gasteiger partial charge in [-0.3, -0.25) is 19.9 Å². The summed E-state index contributed by atoms with van der Waals surface area (Å²) in [6.45, 7) is 12.2. The molecule has 0 aliphatic carbocycles. The van der Waals surface area contributed by atoms with Crippen molar-refractivity contribution < 1.29 is 19.1 Å². The number of piperazine rings is 1. The van der Waals surface area contributed by atoms with Crippen LogP contribution >= 0.6 is 0 Å². The molecule has 0 radical (unpaired) electrons. The molecular weight excluding hydrogens is 372 g/mol. The van der Waals surface area contributed by atoms with Crippen molar-refractivity contribution in [2.24, 2.45) is 0 Å². The third-order valence-corrected chi connectivity index (χ3v) is 4.79. The maximum Gasteiger partial charge on any atom is 0.321 e. The normalized spacial score (nSPS) is 16.7. The van der Waals surface area contributed by atoms with E-state index < -0.39 is 6.03 Å². The molecule has 8 nitrogen and oxygen atoms in total. The van der Waals surface area contributed by atoms with Crippen molar-refractivity contribution in [2.45, 2.75) is 39.3 Å². The quantitative estimate of drug-likeness (QED) is 0.717. The molecule has 1 saturated heterocycles. The van der Waals surface area contributed by atoms with Crippen LogP contribution in [0, 0.1) is 0 Å². The summed E-state index contributed by atoms with van der Waals surface area (Å²) in [7, 11) is 1.64. The average molecular weight is 407 g/mol. The molecule has 0 unspecified atom stereocenters. The summed E-state index contributed by atoms with van der Waals surface area (Å²) in [5.41, 5.74) is -0.382. The van der Waals surface area contributed by atoms with Gasteiger partial charge in [0, 0.05) is 38.3 Å². The second kappa shape index (κ2) is 10.5. The first kappa shape index (κ1) is 23.0. The Morgan fingerprint density at radius 2 is 1.66 bits per heavy atom. The van der Waals surface area contributed by atoms with Gasteiger partial charge in [0.05, 0.1) is 13.2 Å². The number of methoxy groups -OCH3 is 1. The van der Waals surface area contributed by atoms with Gasteiger partial charge in [-0.1, -0.05) is 0 Å². The third kappa shape index (κ3) is 7.91. The van der Waals surface area contributed by atoms with Crippen LogP contribution in [0.4, 0.5) is 4.79 Å². The van der Waals surface area contributed by atoms with Gasteiger partial charge in [0.15, 0.2) is 0 Å². The van der Waals surface area contributed by atoms with Crippen molar-refractivity contribution >= 4 is 11.9 Å². The fourth-order valence-electron chi connectivity index (χ4n) is 3.09. The van der Waals surface area contributed by atoms with Gasteiger partial charge < -0.3 is 14.8 Å². The van der Waals surface area contributed by atoms with Crippen LogP contribution in [-0.2, 0) is 4.79 Å². The van der Waals surface area contributed by atoms with Crippen LogP contribution in [0.25, 0.3) is 0 Å². The molecule has 1 fully saturated rings. The number of rotatable bonds is 7. The first-order valence-electron chi connectivity index (χ1n) is 10.0. The lowest BCUT2D eigenvalue weighted by Crippen LogP contribution is -2.57. The lowest BCUT2D eigenvalue weighted by Gasteiger charge is -2.37. The van der Waals surface area contributed by atoms with Crippen LogP contribution in [0.3, 0.4) is 0 Å². The van der Waals surface area contributed by atoms with Gasteiger partial charge in [-0.15, -0.1) is 0 Å². The molecule has 8 heteroatoms. The Morgan fingerprint density at radius 1 is 1.07 bits per heavy atom. The number of ether oxygens (including phenoxy) is 2. The molecule has 1 heterocycles. The summed E-state index contributed by atoms with van der Waals surface area (Å²) in [6, 6.07) is 6.74. The number of carbonyl (C=O) groups excluding carboxylic acids is 2. The van der Waals surface area contributed by atoms with Crippen LogP contribution in [0.15, 0.2) is 24.3 Å². The first-order chi connectivity index (χ1) is 13.7. The van der Waals surface area contributed by atoms with Crippen molar-refractivity contribution in [3.8, 4) is 11.5 Å². The Kier molecular flexibility index (Phi) is 8.28. The highest BCUT2D eigenvalue weighted by Crippen LogP contribution is 2.17. The Hall–Kier alpha value is -2.32. The second-order valence-corrected chi connectivity index (χ2v) is 8.27. The van der Waals surface area contributed by atoms with E-state index in [0.717, 1.165) is 44.2 Å². The number of imide groups is 1. The number of nitrogens with zero attached hydrogens (tertiary/aromatic N) is 2. The zero-order chi connectivity index (χ0) is 21.4. The first-order valence-corrected chi connectivity index (χ1v) is 10.0. The van der Waals surface area contributed by atoms with Crippen molar-refractivity contribution in [1.29, 1.82) is 0 Å². The summed E-state index contributed by atoms with van der Waals surface area (Å²) in [4.78, 5) is 28.6. The van der Waals surface area contributed by atoms with Gasteiger partial charge in [0.1, 0.15) is 18.1 Å². The molecule has 1 aliphatic heterocycles. The fourth-order valence-corrected chi connectivity index (χ4v) is 3.09. The van der Waals surface area contributed by atoms with Crippen LogP contribution in [-0.4, -0.2) is 79.8 Å². The number of urea groups is 1. The van der Waals surface area contributed by atoms with Crippen molar-refractivity contribution in [2.75, 3.05) is 46.4 Å². The van der Waals surface area contributed by atoms with E-state index in [1.54, 1.807) is 7.11 Å². The van der Waals surface area contributed by atoms with Gasteiger partial charge in [0.2, 0.25) is 5.91 Å². The molecule has 1 aliphatic rings. The summed E-state index contributed by atoms with van der Waals surface area (Å²) in [6.07, 6.45) is 0. The molecule has 1 aromatic carbocycles. The summed E-state index contributed by atoms with van der Waals surface area (Å²) >= 11 is 0. The average Bonchev–Trinajstić information content (AvgIpc) is 2.67. The summed E-state index contributed by atoms with van der Waals surface area (Å²) in [5, 5.41) is 5.17. The Labute approximate surface area is 173 Å². The van der Waals surface area contributed by atoms with E-state index in [1.165, 1.54) is 0 Å². The third-order valence-electron chi connectivity index (χ3n) is 4.79. The smallest absolute Gasteiger partial charge is 0.321 e. The predicted octanol–water partition coefficient (Wildman–Crippen LogP) is 1.70. The molecule has 3 amide bonds. The minimum atomic E-state index is -0.455. The molecular formula is C21H34N4O4. The second-order valence-electron chi connectivity index (χ2n) is 8.27. The van der Waals surface area contributed by atoms with E-state index in [0.29, 0.717) is 6.61 Å². The number of benzene rings is 1. The minimum Gasteiger partial charge on any atom is -0.497 e. The highest BCUT2D eigenvalue weighted by molar-refractivity contribution is 5.97. The van der Waals surface area contributed by atoms with E-state index in [2.05, 4.69) is 20.4 Å². The van der Waals surface area contributed by atoms with E-state index in [9.17, 15) is 9.59 Å². The standard InChI is InChI=1S/C21H34N4O4/c1-16(19(26)22-20(27)23-21(2,3)4)25-12-10-24(11-13-25)14-15-29-18-8-6-17(28-5)7-9-18/h6-9,16H,10-15H2,1-5H3,(H2,22,23,26,27)/t16-/m1/s1. The van der Waals surface area contributed by atoms with Crippen molar-refractivity contribution in [1.82, 2.24) is 20.4 Å². The summed E-state index contributed by atoms with van der Waals surface area (Å²) < 4.78 is 10.9. The van der Waals surface area contributed by atoms with Gasteiger partial charge in [0.25, 0.3) is 0 Å². The molecule has 0 aromatic heterocycles. The van der Waals surface area contributed by atoms with Crippen LogP contribution in [0.2, 0.25) is 0 Å². The molecule has 0 saturated carbocycles. The number of hydrogen-bond donors (Lipinski definition) is 2. The predicted molar refractivity (Wildman–Crippen MR) is 112 cm³/mol. The molecule has 0 bridgehead atoms. The molecule has 29 heavy (non-hydrogen) atoms. The maximum absolute atomic E-state index is 12.3. The van der Waals surface area contributed by atoms with Crippen LogP contribution in [0.5, 0.6) is 11.5 Å². The zero-order valence-corrected chi connectivity index (χ0v) is 18.2. The Morgan fingerprint density at radius 3 is 2.21 bits per heavy atom. The Balaban J connectivity index is 1.68. The van der Waals surface area contributed by atoms with E-state index in [4.69, 9.17) is 9.47 Å². The highest BCUT2D eigenvalue weighted by atomic mass is 16.5. The monoisotopic (exact) mass is 406 g/mol. The van der Waals surface area contributed by atoms with E-state index in [-0.39, 0.29) is 17.5 Å².